The van der Waals surface area contributed by atoms with Crippen molar-refractivity contribution in [1.82, 2.24) is 20.2 Å². The van der Waals surface area contributed by atoms with E-state index >= 15 is 0 Å². The zero-order valence-electron chi connectivity index (χ0n) is 9.71. The molecule has 0 bridgehead atoms. The minimum atomic E-state index is 0.669. The summed E-state index contributed by atoms with van der Waals surface area (Å²) in [6, 6.07) is 9.77. The fourth-order valence-electron chi connectivity index (χ4n) is 1.36. The summed E-state index contributed by atoms with van der Waals surface area (Å²) in [5.74, 6) is 1.57. The van der Waals surface area contributed by atoms with Gasteiger partial charge in [0.1, 0.15) is 5.75 Å². The van der Waals surface area contributed by atoms with Gasteiger partial charge in [-0.25, -0.2) is 4.68 Å². The zero-order chi connectivity index (χ0) is 11.9. The number of nitrogens with zero attached hydrogens (tertiary/aromatic N) is 4. The first-order valence-corrected chi connectivity index (χ1v) is 5.50. The topological polar surface area (TPSA) is 64.9 Å². The van der Waals surface area contributed by atoms with Gasteiger partial charge in [-0.2, -0.15) is 0 Å². The number of anilines is 1. The van der Waals surface area contributed by atoms with Gasteiger partial charge in [0.15, 0.2) is 0 Å². The number of tetrazole rings is 1. The molecule has 1 N–H and O–H groups in total. The third-order valence-electron chi connectivity index (χ3n) is 2.24. The number of nitrogens with one attached hydrogen (secondary N) is 1. The Hall–Kier alpha value is -2.11. The van der Waals surface area contributed by atoms with Crippen LogP contribution in [-0.4, -0.2) is 33.4 Å². The molecule has 0 saturated carbocycles. The Balaban J connectivity index is 1.63. The van der Waals surface area contributed by atoms with Crippen LogP contribution in [0.1, 0.15) is 6.42 Å². The van der Waals surface area contributed by atoms with Crippen molar-refractivity contribution in [3.05, 3.63) is 30.3 Å². The Morgan fingerprint density at radius 2 is 2.12 bits per heavy atom. The van der Waals surface area contributed by atoms with Crippen molar-refractivity contribution >= 4 is 5.95 Å². The van der Waals surface area contributed by atoms with E-state index in [2.05, 4.69) is 20.8 Å². The van der Waals surface area contributed by atoms with Gasteiger partial charge in [0.05, 0.1) is 6.61 Å². The highest BCUT2D eigenvalue weighted by atomic mass is 16.5. The summed E-state index contributed by atoms with van der Waals surface area (Å²) in [5, 5.41) is 14.2. The second kappa shape index (κ2) is 5.83. The summed E-state index contributed by atoms with van der Waals surface area (Å²) in [6.07, 6.45) is 0.891. The van der Waals surface area contributed by atoms with Crippen LogP contribution in [0.4, 0.5) is 5.95 Å². The van der Waals surface area contributed by atoms with Crippen LogP contribution in [0.2, 0.25) is 0 Å². The van der Waals surface area contributed by atoms with Crippen LogP contribution >= 0.6 is 0 Å². The van der Waals surface area contributed by atoms with Crippen molar-refractivity contribution in [3.63, 3.8) is 0 Å². The second-order valence-corrected chi connectivity index (χ2v) is 3.57. The summed E-state index contributed by atoms with van der Waals surface area (Å²) in [7, 11) is 1.79. The molecular weight excluding hydrogens is 218 g/mol. The number of hydrogen-bond donors (Lipinski definition) is 1. The van der Waals surface area contributed by atoms with Gasteiger partial charge in [-0.15, -0.1) is 0 Å². The summed E-state index contributed by atoms with van der Waals surface area (Å²) in [4.78, 5) is 0. The normalized spacial score (nSPS) is 10.2. The summed E-state index contributed by atoms with van der Waals surface area (Å²) in [5.41, 5.74) is 0. The molecule has 1 heterocycles. The Morgan fingerprint density at radius 1 is 1.29 bits per heavy atom. The molecule has 2 aromatic rings. The Labute approximate surface area is 99.6 Å². The third-order valence-corrected chi connectivity index (χ3v) is 2.24. The average molecular weight is 233 g/mol. The minimum absolute atomic E-state index is 0.669. The Morgan fingerprint density at radius 3 is 2.82 bits per heavy atom. The molecule has 0 aliphatic rings. The molecule has 0 fully saturated rings. The first-order valence-electron chi connectivity index (χ1n) is 5.50. The molecule has 0 amide bonds. The van der Waals surface area contributed by atoms with E-state index in [0.717, 1.165) is 18.7 Å². The van der Waals surface area contributed by atoms with E-state index in [1.807, 2.05) is 30.3 Å². The lowest BCUT2D eigenvalue weighted by Crippen LogP contribution is -2.10. The highest BCUT2D eigenvalue weighted by Crippen LogP contribution is 2.08. The molecule has 0 atom stereocenters. The monoisotopic (exact) mass is 233 g/mol. The quantitative estimate of drug-likeness (QED) is 0.757. The third kappa shape index (κ3) is 3.44. The predicted octanol–water partition coefficient (Wildman–Crippen LogP) is 1.09. The van der Waals surface area contributed by atoms with Gasteiger partial charge in [0.25, 0.3) is 0 Å². The van der Waals surface area contributed by atoms with E-state index in [1.54, 1.807) is 11.7 Å². The van der Waals surface area contributed by atoms with Crippen molar-refractivity contribution in [2.75, 3.05) is 18.5 Å². The van der Waals surface area contributed by atoms with Gasteiger partial charge in [-0.3, -0.25) is 0 Å². The van der Waals surface area contributed by atoms with Crippen LogP contribution in [0.25, 0.3) is 0 Å². The number of para-hydroxylation sites is 1. The van der Waals surface area contributed by atoms with Gasteiger partial charge < -0.3 is 10.1 Å². The molecule has 0 unspecified atom stereocenters. The van der Waals surface area contributed by atoms with Crippen molar-refractivity contribution in [2.24, 2.45) is 7.05 Å². The van der Waals surface area contributed by atoms with Crippen molar-refractivity contribution in [3.8, 4) is 5.75 Å². The lowest BCUT2D eigenvalue weighted by Gasteiger charge is -2.06. The maximum atomic E-state index is 5.56. The maximum Gasteiger partial charge on any atom is 0.242 e. The van der Waals surface area contributed by atoms with Crippen molar-refractivity contribution < 1.29 is 4.74 Å². The lowest BCUT2D eigenvalue weighted by molar-refractivity contribution is 0.315. The molecule has 17 heavy (non-hydrogen) atoms. The summed E-state index contributed by atoms with van der Waals surface area (Å²) >= 11 is 0. The summed E-state index contributed by atoms with van der Waals surface area (Å²) < 4.78 is 7.15. The second-order valence-electron chi connectivity index (χ2n) is 3.57. The van der Waals surface area contributed by atoms with Crippen LogP contribution in [-0.2, 0) is 7.05 Å². The highest BCUT2D eigenvalue weighted by Gasteiger charge is 1.99. The molecule has 0 saturated heterocycles. The molecule has 0 spiro atoms. The number of hydrogen-bond acceptors (Lipinski definition) is 5. The van der Waals surface area contributed by atoms with Crippen LogP contribution in [0, 0.1) is 0 Å². The van der Waals surface area contributed by atoms with E-state index in [9.17, 15) is 0 Å². The predicted molar refractivity (Wildman–Crippen MR) is 63.8 cm³/mol. The molecule has 0 aliphatic heterocycles. The largest absolute Gasteiger partial charge is 0.494 e. The maximum absolute atomic E-state index is 5.56. The van der Waals surface area contributed by atoms with E-state index in [-0.39, 0.29) is 0 Å². The molecular formula is C11H15N5O. The highest BCUT2D eigenvalue weighted by molar-refractivity contribution is 5.21. The number of aromatic nitrogens is 4. The van der Waals surface area contributed by atoms with Crippen LogP contribution < -0.4 is 10.1 Å². The number of rotatable bonds is 6. The number of aryl methyl sites for hydroxylation is 1. The summed E-state index contributed by atoms with van der Waals surface area (Å²) in [6.45, 7) is 1.45. The standard InChI is InChI=1S/C11H15N5O/c1-16-11(13-14-15-16)12-8-5-9-17-10-6-3-2-4-7-10/h2-4,6-7H,5,8-9H2,1H3,(H,12,13,15). The molecule has 90 valence electrons. The average Bonchev–Trinajstić information content (AvgIpc) is 2.76. The van der Waals surface area contributed by atoms with E-state index in [4.69, 9.17) is 4.74 Å². The van der Waals surface area contributed by atoms with Crippen molar-refractivity contribution in [2.45, 2.75) is 6.42 Å². The lowest BCUT2D eigenvalue weighted by atomic mass is 10.3. The van der Waals surface area contributed by atoms with Gasteiger partial charge in [-0.1, -0.05) is 23.3 Å². The molecule has 0 aliphatic carbocycles. The first kappa shape index (κ1) is 11.4. The molecule has 1 aromatic heterocycles. The van der Waals surface area contributed by atoms with Crippen LogP contribution in [0.3, 0.4) is 0 Å². The number of benzene rings is 1. The molecule has 6 heteroatoms. The van der Waals surface area contributed by atoms with E-state index < -0.39 is 0 Å². The Kier molecular flexibility index (Phi) is 3.90. The smallest absolute Gasteiger partial charge is 0.242 e. The van der Waals surface area contributed by atoms with Crippen molar-refractivity contribution in [1.29, 1.82) is 0 Å². The number of ether oxygens (including phenoxy) is 1. The fourth-order valence-corrected chi connectivity index (χ4v) is 1.36. The van der Waals surface area contributed by atoms with Gasteiger partial charge in [-0.05, 0) is 29.0 Å². The SMILES string of the molecule is Cn1nnnc1NCCCOc1ccccc1. The van der Waals surface area contributed by atoms with E-state index in [1.165, 1.54) is 0 Å². The van der Waals surface area contributed by atoms with Crippen LogP contribution in [0.15, 0.2) is 30.3 Å². The first-order chi connectivity index (χ1) is 8.36. The molecule has 0 radical (unpaired) electrons. The van der Waals surface area contributed by atoms with Gasteiger partial charge >= 0.3 is 0 Å². The minimum Gasteiger partial charge on any atom is -0.494 e. The molecule has 6 nitrogen and oxygen atoms in total. The molecule has 2 rings (SSSR count). The Bertz CT molecular complexity index is 442. The van der Waals surface area contributed by atoms with Gasteiger partial charge in [0.2, 0.25) is 5.95 Å². The van der Waals surface area contributed by atoms with Gasteiger partial charge in [0, 0.05) is 13.6 Å². The van der Waals surface area contributed by atoms with Crippen LogP contribution in [0.5, 0.6) is 5.75 Å². The molecule has 1 aromatic carbocycles. The van der Waals surface area contributed by atoms with E-state index in [0.29, 0.717) is 12.6 Å². The fraction of sp³-hybridized carbons (Fsp3) is 0.364. The zero-order valence-corrected chi connectivity index (χ0v) is 9.71.